The van der Waals surface area contributed by atoms with Gasteiger partial charge in [0, 0.05) is 12.8 Å². The van der Waals surface area contributed by atoms with E-state index in [1.54, 1.807) is 23.9 Å². The van der Waals surface area contributed by atoms with Crippen molar-refractivity contribution in [3.8, 4) is 5.75 Å². The van der Waals surface area contributed by atoms with Crippen LogP contribution in [0, 0.1) is 0 Å². The Kier molecular flexibility index (Phi) is 5.30. The summed E-state index contributed by atoms with van der Waals surface area (Å²) in [5.74, 6) is -1.30. The second-order valence-corrected chi connectivity index (χ2v) is 7.07. The van der Waals surface area contributed by atoms with Gasteiger partial charge in [-0.25, -0.2) is 4.98 Å². The lowest BCUT2D eigenvalue weighted by Crippen LogP contribution is -1.93. The van der Waals surface area contributed by atoms with Crippen LogP contribution in [0.1, 0.15) is 5.56 Å². The number of thioether (sulfide) groups is 2. The van der Waals surface area contributed by atoms with Crippen LogP contribution < -0.4 is 4.74 Å². The lowest BCUT2D eigenvalue weighted by Gasteiger charge is -2.10. The van der Waals surface area contributed by atoms with Crippen molar-refractivity contribution in [2.75, 3.05) is 7.11 Å². The number of aryl methyl sites for hydroxylation is 1. The van der Waals surface area contributed by atoms with Gasteiger partial charge in [-0.3, -0.25) is 0 Å². The number of ether oxygens (including phenoxy) is 1. The summed E-state index contributed by atoms with van der Waals surface area (Å²) >= 11 is 2.10. The monoisotopic (exact) mass is 366 g/mol. The number of halogens is 2. The molecule has 0 unspecified atom stereocenters. The van der Waals surface area contributed by atoms with Gasteiger partial charge in [-0.15, -0.1) is 0 Å². The minimum atomic E-state index is -2.46. The molecule has 3 aromatic rings. The van der Waals surface area contributed by atoms with Gasteiger partial charge in [0.05, 0.1) is 23.0 Å². The van der Waals surface area contributed by atoms with Crippen LogP contribution in [-0.4, -0.2) is 22.4 Å². The van der Waals surface area contributed by atoms with E-state index < -0.39 is 5.76 Å². The molecule has 0 spiro atoms. The van der Waals surface area contributed by atoms with Crippen molar-refractivity contribution >= 4 is 34.6 Å². The second kappa shape index (κ2) is 7.44. The van der Waals surface area contributed by atoms with Crippen LogP contribution >= 0.6 is 23.5 Å². The number of aromatic nitrogens is 2. The van der Waals surface area contributed by atoms with Gasteiger partial charge in [-0.1, -0.05) is 41.7 Å². The predicted octanol–water partition coefficient (Wildman–Crippen LogP) is 5.19. The first kappa shape index (κ1) is 17.1. The maximum absolute atomic E-state index is 12.5. The topological polar surface area (TPSA) is 27.1 Å². The number of para-hydroxylation sites is 2. The van der Waals surface area contributed by atoms with Crippen molar-refractivity contribution in [1.29, 1.82) is 0 Å². The zero-order valence-electron chi connectivity index (χ0n) is 13.2. The first-order valence-electron chi connectivity index (χ1n) is 7.24. The van der Waals surface area contributed by atoms with E-state index in [2.05, 4.69) is 9.55 Å². The maximum Gasteiger partial charge on any atom is 0.289 e. The fraction of sp³-hybridized carbons (Fsp3) is 0.235. The molecule has 126 valence electrons. The number of hydrogen-bond donors (Lipinski definition) is 0. The number of rotatable bonds is 6. The molecule has 2 aromatic carbocycles. The highest BCUT2D eigenvalue weighted by Crippen LogP contribution is 2.35. The number of nitrogens with zero attached hydrogens (tertiary/aromatic N) is 2. The SMILES string of the molecule is COc1cc(CSc2nc3ccccc3n2C)ccc1SC(F)F. The van der Waals surface area contributed by atoms with E-state index in [0.717, 1.165) is 21.8 Å². The van der Waals surface area contributed by atoms with Crippen LogP contribution in [0.5, 0.6) is 5.75 Å². The quantitative estimate of drug-likeness (QED) is 0.561. The van der Waals surface area contributed by atoms with Crippen molar-refractivity contribution in [2.45, 2.75) is 21.6 Å². The number of imidazole rings is 1. The van der Waals surface area contributed by atoms with Crippen LogP contribution in [0.3, 0.4) is 0 Å². The Bertz CT molecular complexity index is 852. The summed E-state index contributed by atoms with van der Waals surface area (Å²) in [7, 11) is 3.48. The Morgan fingerprint density at radius 1 is 1.21 bits per heavy atom. The average Bonchev–Trinajstić information content (AvgIpc) is 2.90. The molecule has 0 radical (unpaired) electrons. The molecule has 1 aromatic heterocycles. The van der Waals surface area contributed by atoms with Crippen molar-refractivity contribution < 1.29 is 13.5 Å². The third-order valence-corrected chi connectivity index (χ3v) is 5.43. The Labute approximate surface area is 147 Å². The van der Waals surface area contributed by atoms with Gasteiger partial charge < -0.3 is 9.30 Å². The molecular weight excluding hydrogens is 350 g/mol. The average molecular weight is 366 g/mol. The van der Waals surface area contributed by atoms with E-state index in [9.17, 15) is 8.78 Å². The van der Waals surface area contributed by atoms with E-state index in [0.29, 0.717) is 28.2 Å². The molecule has 1 heterocycles. The molecule has 24 heavy (non-hydrogen) atoms. The lowest BCUT2D eigenvalue weighted by atomic mass is 10.2. The minimum absolute atomic E-state index is 0.448. The highest BCUT2D eigenvalue weighted by molar-refractivity contribution is 7.99. The molecular formula is C17H16F2N2OS2. The predicted molar refractivity (Wildman–Crippen MR) is 95.1 cm³/mol. The number of alkyl halides is 2. The van der Waals surface area contributed by atoms with Crippen LogP contribution in [-0.2, 0) is 12.8 Å². The number of hydrogen-bond acceptors (Lipinski definition) is 4. The van der Waals surface area contributed by atoms with E-state index >= 15 is 0 Å². The van der Waals surface area contributed by atoms with Crippen molar-refractivity contribution in [3.05, 3.63) is 48.0 Å². The van der Waals surface area contributed by atoms with E-state index in [1.807, 2.05) is 37.4 Å². The molecule has 3 nitrogen and oxygen atoms in total. The largest absolute Gasteiger partial charge is 0.496 e. The zero-order valence-corrected chi connectivity index (χ0v) is 14.8. The molecule has 0 aliphatic carbocycles. The van der Waals surface area contributed by atoms with Gasteiger partial charge in [0.15, 0.2) is 5.16 Å². The van der Waals surface area contributed by atoms with Crippen LogP contribution in [0.15, 0.2) is 52.5 Å². The van der Waals surface area contributed by atoms with Gasteiger partial charge >= 0.3 is 0 Å². The molecule has 0 saturated heterocycles. The second-order valence-electron chi connectivity index (χ2n) is 5.09. The fourth-order valence-electron chi connectivity index (χ4n) is 2.40. The summed E-state index contributed by atoms with van der Waals surface area (Å²) < 4.78 is 32.4. The van der Waals surface area contributed by atoms with Crippen LogP contribution in [0.25, 0.3) is 11.0 Å². The number of benzene rings is 2. The highest BCUT2D eigenvalue weighted by atomic mass is 32.2. The van der Waals surface area contributed by atoms with E-state index in [4.69, 9.17) is 4.74 Å². The maximum atomic E-state index is 12.5. The first-order chi connectivity index (χ1) is 11.6. The highest BCUT2D eigenvalue weighted by Gasteiger charge is 2.12. The standard InChI is InChI=1S/C17H16F2N2OS2/c1-21-13-6-4-3-5-12(13)20-17(21)23-10-11-7-8-15(24-16(18)19)14(9-11)22-2/h3-9,16H,10H2,1-2H3. The normalized spacial score (nSPS) is 11.4. The summed E-state index contributed by atoms with van der Waals surface area (Å²) in [5, 5.41) is 0.918. The van der Waals surface area contributed by atoms with Gasteiger partial charge in [-0.2, -0.15) is 8.78 Å². The van der Waals surface area contributed by atoms with Crippen molar-refractivity contribution in [1.82, 2.24) is 9.55 Å². The Morgan fingerprint density at radius 3 is 2.71 bits per heavy atom. The molecule has 0 amide bonds. The lowest BCUT2D eigenvalue weighted by molar-refractivity contribution is 0.251. The number of fused-ring (bicyclic) bond motifs is 1. The van der Waals surface area contributed by atoms with E-state index in [1.165, 1.54) is 7.11 Å². The molecule has 0 bridgehead atoms. The number of methoxy groups -OCH3 is 1. The fourth-order valence-corrected chi connectivity index (χ4v) is 3.92. The molecule has 0 aliphatic heterocycles. The summed E-state index contributed by atoms with van der Waals surface area (Å²) in [6.45, 7) is 0. The third kappa shape index (κ3) is 3.67. The van der Waals surface area contributed by atoms with Gasteiger partial charge in [0.1, 0.15) is 5.75 Å². The van der Waals surface area contributed by atoms with Crippen LogP contribution in [0.4, 0.5) is 8.78 Å². The zero-order chi connectivity index (χ0) is 17.1. The van der Waals surface area contributed by atoms with Gasteiger partial charge in [-0.05, 0) is 29.8 Å². The van der Waals surface area contributed by atoms with Crippen molar-refractivity contribution in [2.24, 2.45) is 7.05 Å². The smallest absolute Gasteiger partial charge is 0.289 e. The Morgan fingerprint density at radius 2 is 2.00 bits per heavy atom. The first-order valence-corrected chi connectivity index (χ1v) is 9.11. The van der Waals surface area contributed by atoms with Crippen LogP contribution in [0.2, 0.25) is 0 Å². The Balaban J connectivity index is 1.77. The molecule has 0 atom stereocenters. The molecule has 0 aliphatic rings. The molecule has 0 fully saturated rings. The molecule has 0 saturated carbocycles. The summed E-state index contributed by atoms with van der Waals surface area (Å²) in [6.07, 6.45) is 0. The van der Waals surface area contributed by atoms with Gasteiger partial charge in [0.25, 0.3) is 5.76 Å². The van der Waals surface area contributed by atoms with E-state index in [-0.39, 0.29) is 0 Å². The summed E-state index contributed by atoms with van der Waals surface area (Å²) in [6, 6.07) is 13.3. The summed E-state index contributed by atoms with van der Waals surface area (Å²) in [5.41, 5.74) is 3.05. The van der Waals surface area contributed by atoms with Crippen molar-refractivity contribution in [3.63, 3.8) is 0 Å². The molecule has 3 rings (SSSR count). The Hall–Kier alpha value is -1.73. The molecule has 7 heteroatoms. The summed E-state index contributed by atoms with van der Waals surface area (Å²) in [4.78, 5) is 5.07. The third-order valence-electron chi connectivity index (χ3n) is 3.56. The van der Waals surface area contributed by atoms with Gasteiger partial charge in [0.2, 0.25) is 0 Å². The minimum Gasteiger partial charge on any atom is -0.496 e. The molecule has 0 N–H and O–H groups in total.